The maximum atomic E-state index is 12.9. The van der Waals surface area contributed by atoms with Crippen LogP contribution in [0.2, 0.25) is 0 Å². The van der Waals surface area contributed by atoms with Crippen molar-refractivity contribution in [2.24, 2.45) is 7.05 Å². The van der Waals surface area contributed by atoms with E-state index in [0.717, 1.165) is 21.8 Å². The van der Waals surface area contributed by atoms with Gasteiger partial charge in [-0.05, 0) is 18.2 Å². The zero-order valence-electron chi connectivity index (χ0n) is 12.1. The highest BCUT2D eigenvalue weighted by molar-refractivity contribution is 6.15. The molecule has 0 amide bonds. The van der Waals surface area contributed by atoms with Crippen LogP contribution in [0, 0.1) is 0 Å². The van der Waals surface area contributed by atoms with Gasteiger partial charge in [-0.1, -0.05) is 24.3 Å². The van der Waals surface area contributed by atoms with Gasteiger partial charge in [0.15, 0.2) is 0 Å². The Labute approximate surface area is 127 Å². The van der Waals surface area contributed by atoms with Gasteiger partial charge in [0.1, 0.15) is 7.05 Å². The molecular weight excluding hydrogens is 274 g/mol. The lowest BCUT2D eigenvalue weighted by molar-refractivity contribution is -0.617. The van der Waals surface area contributed by atoms with E-state index in [0.29, 0.717) is 5.56 Å². The summed E-state index contributed by atoms with van der Waals surface area (Å²) < 4.78 is 3.50. The van der Waals surface area contributed by atoms with Crippen molar-refractivity contribution in [3.8, 4) is 0 Å². The first-order valence-corrected chi connectivity index (χ1v) is 7.11. The van der Waals surface area contributed by atoms with Crippen LogP contribution in [0.3, 0.4) is 0 Å². The van der Waals surface area contributed by atoms with E-state index in [2.05, 4.69) is 9.67 Å². The fraction of sp³-hybridized carbons (Fsp3) is 0.0556. The third-order valence-corrected chi connectivity index (χ3v) is 4.00. The summed E-state index contributed by atoms with van der Waals surface area (Å²) in [6.07, 6.45) is 3.30. The smallest absolute Gasteiger partial charge is 0.267 e. The van der Waals surface area contributed by atoms with E-state index in [1.165, 1.54) is 4.68 Å². The molecule has 4 heteroatoms. The van der Waals surface area contributed by atoms with E-state index in [4.69, 9.17) is 0 Å². The molecule has 0 aliphatic heterocycles. The summed E-state index contributed by atoms with van der Waals surface area (Å²) in [7, 11) is 2.02. The minimum atomic E-state index is -0.113. The van der Waals surface area contributed by atoms with Crippen molar-refractivity contribution in [3.63, 3.8) is 0 Å². The zero-order chi connectivity index (χ0) is 15.1. The second kappa shape index (κ2) is 4.77. The van der Waals surface area contributed by atoms with Gasteiger partial charge in [0.2, 0.25) is 11.0 Å². The minimum absolute atomic E-state index is 0.113. The van der Waals surface area contributed by atoms with Crippen LogP contribution in [0.15, 0.2) is 67.0 Å². The lowest BCUT2D eigenvalue weighted by Crippen LogP contribution is -2.31. The number of nitrogens with zero attached hydrogens (tertiary/aromatic N) is 3. The number of benzene rings is 2. The predicted molar refractivity (Wildman–Crippen MR) is 84.6 cm³/mol. The van der Waals surface area contributed by atoms with E-state index < -0.39 is 0 Å². The Hall–Kier alpha value is -3.01. The van der Waals surface area contributed by atoms with Gasteiger partial charge >= 0.3 is 0 Å². The first-order chi connectivity index (χ1) is 10.8. The molecule has 106 valence electrons. The molecule has 0 unspecified atom stereocenters. The molecule has 0 saturated heterocycles. The molecule has 0 radical (unpaired) electrons. The predicted octanol–water partition coefficient (Wildman–Crippen LogP) is 2.70. The molecule has 22 heavy (non-hydrogen) atoms. The highest BCUT2D eigenvalue weighted by Crippen LogP contribution is 2.25. The van der Waals surface area contributed by atoms with Gasteiger partial charge in [-0.3, -0.25) is 4.79 Å². The number of aromatic nitrogens is 3. The Morgan fingerprint density at radius 3 is 2.09 bits per heavy atom. The number of carbonyl (C=O) groups excluding carboxylic acids is 1. The molecule has 0 aliphatic rings. The lowest BCUT2D eigenvalue weighted by atomic mass is 10.0. The van der Waals surface area contributed by atoms with Gasteiger partial charge in [0.05, 0.1) is 16.3 Å². The van der Waals surface area contributed by atoms with Crippen LogP contribution in [0.25, 0.3) is 21.8 Å². The summed E-state index contributed by atoms with van der Waals surface area (Å²) in [5.74, 6) is -0.113. The molecule has 0 N–H and O–H groups in total. The molecule has 4 aromatic rings. The molecule has 2 heterocycles. The van der Waals surface area contributed by atoms with Gasteiger partial charge in [-0.15, -0.1) is 0 Å². The third kappa shape index (κ3) is 1.74. The van der Waals surface area contributed by atoms with Crippen molar-refractivity contribution in [2.75, 3.05) is 0 Å². The van der Waals surface area contributed by atoms with Crippen molar-refractivity contribution in [1.29, 1.82) is 0 Å². The Morgan fingerprint density at radius 1 is 0.955 bits per heavy atom. The number of para-hydroxylation sites is 2. The standard InChI is InChI=1S/C18H14N3O/c1-20-15-9-4-2-7-13(15)17(14-8-3-5-10-16(14)20)18(22)21-12-6-11-19-21/h2-12H,1H3/q+1. The number of rotatable bonds is 1. The van der Waals surface area contributed by atoms with Gasteiger partial charge in [0, 0.05) is 24.5 Å². The zero-order valence-corrected chi connectivity index (χ0v) is 12.1. The second-order valence-electron chi connectivity index (χ2n) is 5.22. The fourth-order valence-corrected chi connectivity index (χ4v) is 2.96. The quantitative estimate of drug-likeness (QED) is 0.399. The molecule has 4 nitrogen and oxygen atoms in total. The number of pyridine rings is 1. The molecule has 0 bridgehead atoms. The van der Waals surface area contributed by atoms with Crippen LogP contribution in [-0.2, 0) is 7.05 Å². The number of hydrogen-bond donors (Lipinski definition) is 0. The monoisotopic (exact) mass is 288 g/mol. The number of carbonyl (C=O) groups is 1. The largest absolute Gasteiger partial charge is 0.279 e. The highest BCUT2D eigenvalue weighted by atomic mass is 16.2. The topological polar surface area (TPSA) is 38.8 Å². The van der Waals surface area contributed by atoms with E-state index >= 15 is 0 Å². The van der Waals surface area contributed by atoms with Crippen molar-refractivity contribution >= 4 is 27.7 Å². The lowest BCUT2D eigenvalue weighted by Gasteiger charge is -2.09. The molecule has 0 atom stereocenters. The van der Waals surface area contributed by atoms with Crippen LogP contribution in [0.1, 0.15) is 10.4 Å². The molecule has 0 spiro atoms. The average Bonchev–Trinajstić information content (AvgIpc) is 3.10. The average molecular weight is 288 g/mol. The summed E-state index contributed by atoms with van der Waals surface area (Å²) in [5, 5.41) is 5.96. The van der Waals surface area contributed by atoms with Gasteiger partial charge in [-0.25, -0.2) is 4.68 Å². The summed E-state index contributed by atoms with van der Waals surface area (Å²) in [5.41, 5.74) is 2.74. The third-order valence-electron chi connectivity index (χ3n) is 4.00. The Bertz CT molecular complexity index is 947. The maximum absolute atomic E-state index is 12.9. The highest BCUT2D eigenvalue weighted by Gasteiger charge is 2.22. The number of aryl methyl sites for hydroxylation is 1. The molecular formula is C18H14N3O+. The fourth-order valence-electron chi connectivity index (χ4n) is 2.96. The van der Waals surface area contributed by atoms with Gasteiger partial charge in [0.25, 0.3) is 5.91 Å². The van der Waals surface area contributed by atoms with Crippen molar-refractivity contribution < 1.29 is 9.36 Å². The summed E-state index contributed by atoms with van der Waals surface area (Å²) in [6.45, 7) is 0. The number of hydrogen-bond acceptors (Lipinski definition) is 2. The van der Waals surface area contributed by atoms with Crippen LogP contribution in [-0.4, -0.2) is 15.7 Å². The summed E-state index contributed by atoms with van der Waals surface area (Å²) in [4.78, 5) is 12.9. The van der Waals surface area contributed by atoms with Crippen LogP contribution >= 0.6 is 0 Å². The Balaban J connectivity index is 2.19. The van der Waals surface area contributed by atoms with Gasteiger partial charge < -0.3 is 0 Å². The van der Waals surface area contributed by atoms with Crippen LogP contribution < -0.4 is 4.57 Å². The van der Waals surface area contributed by atoms with E-state index in [1.54, 1.807) is 18.5 Å². The molecule has 0 saturated carbocycles. The van der Waals surface area contributed by atoms with E-state index in [9.17, 15) is 4.79 Å². The molecule has 0 aliphatic carbocycles. The van der Waals surface area contributed by atoms with E-state index in [1.807, 2.05) is 55.6 Å². The minimum Gasteiger partial charge on any atom is -0.267 e. The van der Waals surface area contributed by atoms with Crippen molar-refractivity contribution in [2.45, 2.75) is 0 Å². The Morgan fingerprint density at radius 2 is 1.55 bits per heavy atom. The van der Waals surface area contributed by atoms with Crippen LogP contribution in [0.4, 0.5) is 0 Å². The molecule has 2 aromatic carbocycles. The molecule has 0 fully saturated rings. The van der Waals surface area contributed by atoms with E-state index in [-0.39, 0.29) is 5.91 Å². The second-order valence-corrected chi connectivity index (χ2v) is 5.22. The van der Waals surface area contributed by atoms with Crippen molar-refractivity contribution in [1.82, 2.24) is 9.78 Å². The van der Waals surface area contributed by atoms with Gasteiger partial charge in [-0.2, -0.15) is 9.67 Å². The number of fused-ring (bicyclic) bond motifs is 2. The summed E-state index contributed by atoms with van der Waals surface area (Å²) in [6, 6.07) is 17.7. The SMILES string of the molecule is C[n+]1c2ccccc2c(C(=O)n2cccn2)c2ccccc21. The molecule has 4 rings (SSSR count). The Kier molecular flexibility index (Phi) is 2.76. The summed E-state index contributed by atoms with van der Waals surface area (Å²) >= 11 is 0. The maximum Gasteiger partial charge on any atom is 0.279 e. The normalized spacial score (nSPS) is 11.1. The van der Waals surface area contributed by atoms with Crippen molar-refractivity contribution in [3.05, 3.63) is 72.6 Å². The first kappa shape index (κ1) is 12.7. The molecule has 2 aromatic heterocycles. The van der Waals surface area contributed by atoms with Crippen LogP contribution in [0.5, 0.6) is 0 Å². The first-order valence-electron chi connectivity index (χ1n) is 7.11.